The van der Waals surface area contributed by atoms with E-state index in [4.69, 9.17) is 0 Å². The van der Waals surface area contributed by atoms with Crippen molar-refractivity contribution in [1.29, 1.82) is 5.26 Å². The van der Waals surface area contributed by atoms with Gasteiger partial charge in [-0.05, 0) is 54.6 Å². The Bertz CT molecular complexity index is 1190. The lowest BCUT2D eigenvalue weighted by molar-refractivity contribution is 0.102. The largest absolute Gasteiger partial charge is 0.321 e. The van der Waals surface area contributed by atoms with Crippen LogP contribution in [0.3, 0.4) is 0 Å². The topological polar surface area (TPSA) is 57.3 Å². The number of carbonyl (C=O) groups excluding carboxylic acids is 1. The molecular formula is C22H17N3O. The molecule has 0 saturated heterocycles. The number of nitrogens with one attached hydrogen (secondary N) is 1. The third kappa shape index (κ3) is 2.60. The Balaban J connectivity index is 1.85. The monoisotopic (exact) mass is 339 g/mol. The molecule has 1 amide bonds. The van der Waals surface area contributed by atoms with Crippen LogP contribution in [-0.2, 0) is 0 Å². The van der Waals surface area contributed by atoms with Crippen molar-refractivity contribution in [3.63, 3.8) is 0 Å². The van der Waals surface area contributed by atoms with E-state index in [2.05, 4.69) is 17.5 Å². The minimum Gasteiger partial charge on any atom is -0.321 e. The van der Waals surface area contributed by atoms with Gasteiger partial charge >= 0.3 is 0 Å². The molecule has 126 valence electrons. The van der Waals surface area contributed by atoms with Gasteiger partial charge in [-0.25, -0.2) is 0 Å². The number of aromatic nitrogens is 1. The molecule has 0 aliphatic carbocycles. The van der Waals surface area contributed by atoms with Gasteiger partial charge in [0, 0.05) is 17.3 Å². The Hall–Kier alpha value is -3.58. The number of pyridine rings is 1. The Kier molecular flexibility index (Phi) is 3.70. The van der Waals surface area contributed by atoms with E-state index in [1.165, 1.54) is 0 Å². The highest BCUT2D eigenvalue weighted by molar-refractivity contribution is 6.07. The quantitative estimate of drug-likeness (QED) is 0.568. The number of anilines is 1. The third-order valence-electron chi connectivity index (χ3n) is 4.49. The lowest BCUT2D eigenvalue weighted by atomic mass is 10.1. The first-order chi connectivity index (χ1) is 12.6. The highest BCUT2D eigenvalue weighted by Crippen LogP contribution is 2.26. The molecule has 0 fully saturated rings. The molecule has 4 rings (SSSR count). The second kappa shape index (κ2) is 6.05. The summed E-state index contributed by atoms with van der Waals surface area (Å²) < 4.78 is 1.79. The zero-order valence-electron chi connectivity index (χ0n) is 14.6. The summed E-state index contributed by atoms with van der Waals surface area (Å²) in [5.41, 5.74) is 4.62. The lowest BCUT2D eigenvalue weighted by Gasteiger charge is -2.09. The maximum Gasteiger partial charge on any atom is 0.272 e. The molecule has 0 atom stereocenters. The first kappa shape index (κ1) is 15.9. The van der Waals surface area contributed by atoms with Crippen molar-refractivity contribution < 1.29 is 4.79 Å². The van der Waals surface area contributed by atoms with Crippen LogP contribution in [0.15, 0.2) is 60.8 Å². The molecule has 2 aromatic carbocycles. The zero-order valence-corrected chi connectivity index (χ0v) is 14.6. The molecule has 0 aliphatic heterocycles. The van der Waals surface area contributed by atoms with Crippen LogP contribution in [0.1, 0.15) is 27.2 Å². The number of nitrogens with zero attached hydrogens (tertiary/aromatic N) is 2. The van der Waals surface area contributed by atoms with E-state index in [1.54, 1.807) is 10.5 Å². The Morgan fingerprint density at radius 2 is 1.77 bits per heavy atom. The predicted octanol–water partition coefficient (Wildman–Crippen LogP) is 4.83. The summed E-state index contributed by atoms with van der Waals surface area (Å²) in [5, 5.41) is 14.5. The molecule has 2 aromatic heterocycles. The fraction of sp³-hybridized carbons (Fsp3) is 0.0909. The normalized spacial score (nSPS) is 10.8. The molecule has 0 radical (unpaired) electrons. The van der Waals surface area contributed by atoms with Crippen molar-refractivity contribution in [3.05, 3.63) is 83.2 Å². The summed E-state index contributed by atoms with van der Waals surface area (Å²) in [6, 6.07) is 19.6. The molecule has 1 N–H and O–H groups in total. The van der Waals surface area contributed by atoms with Gasteiger partial charge in [-0.2, -0.15) is 5.26 Å². The number of benzene rings is 2. The summed E-state index contributed by atoms with van der Waals surface area (Å²) in [5.74, 6) is -0.234. The van der Waals surface area contributed by atoms with Crippen molar-refractivity contribution in [2.24, 2.45) is 0 Å². The summed E-state index contributed by atoms with van der Waals surface area (Å²) in [4.78, 5) is 12.9. The summed E-state index contributed by atoms with van der Waals surface area (Å²) in [7, 11) is 0. The summed E-state index contributed by atoms with van der Waals surface area (Å²) in [6.45, 7) is 3.99. The summed E-state index contributed by atoms with van der Waals surface area (Å²) in [6.07, 6.45) is 1.84. The van der Waals surface area contributed by atoms with Crippen LogP contribution in [0.25, 0.3) is 16.3 Å². The van der Waals surface area contributed by atoms with Crippen LogP contribution in [0.2, 0.25) is 0 Å². The van der Waals surface area contributed by atoms with Crippen molar-refractivity contribution in [2.75, 3.05) is 5.32 Å². The van der Waals surface area contributed by atoms with Gasteiger partial charge in [-0.3, -0.25) is 4.79 Å². The van der Waals surface area contributed by atoms with Gasteiger partial charge in [-0.15, -0.1) is 0 Å². The Morgan fingerprint density at radius 1 is 1.04 bits per heavy atom. The van der Waals surface area contributed by atoms with Gasteiger partial charge in [0.25, 0.3) is 5.91 Å². The standard InChI is InChI=1S/C22H17N3O/c1-14-9-15(2)11-18(10-14)24-22(26)20-12-17(13-23)21-19-6-4-3-5-16(19)7-8-25(20)21/h3-12H,1-2H3,(H,24,26). The molecular weight excluding hydrogens is 322 g/mol. The van der Waals surface area contributed by atoms with E-state index in [0.717, 1.165) is 33.1 Å². The van der Waals surface area contributed by atoms with Gasteiger partial charge in [0.2, 0.25) is 0 Å². The van der Waals surface area contributed by atoms with Crippen LogP contribution < -0.4 is 5.32 Å². The molecule has 2 heterocycles. The van der Waals surface area contributed by atoms with Gasteiger partial charge in [0.15, 0.2) is 0 Å². The van der Waals surface area contributed by atoms with Crippen LogP contribution in [0.4, 0.5) is 5.69 Å². The molecule has 0 bridgehead atoms. The zero-order chi connectivity index (χ0) is 18.3. The van der Waals surface area contributed by atoms with E-state index in [1.807, 2.05) is 62.5 Å². The molecule has 0 unspecified atom stereocenters. The first-order valence-corrected chi connectivity index (χ1v) is 8.39. The highest BCUT2D eigenvalue weighted by Gasteiger charge is 2.17. The van der Waals surface area contributed by atoms with Gasteiger partial charge in [-0.1, -0.05) is 30.3 Å². The van der Waals surface area contributed by atoms with E-state index in [-0.39, 0.29) is 5.91 Å². The number of nitriles is 1. The fourth-order valence-corrected chi connectivity index (χ4v) is 3.47. The highest BCUT2D eigenvalue weighted by atomic mass is 16.1. The van der Waals surface area contributed by atoms with Gasteiger partial charge in [0.05, 0.1) is 11.1 Å². The number of hydrogen-bond acceptors (Lipinski definition) is 2. The minimum absolute atomic E-state index is 0.234. The Morgan fingerprint density at radius 3 is 2.50 bits per heavy atom. The number of fused-ring (bicyclic) bond motifs is 3. The van der Waals surface area contributed by atoms with Crippen LogP contribution >= 0.6 is 0 Å². The number of amides is 1. The smallest absolute Gasteiger partial charge is 0.272 e. The molecule has 0 saturated carbocycles. The molecule has 0 aliphatic rings. The van der Waals surface area contributed by atoms with Crippen LogP contribution in [0, 0.1) is 25.2 Å². The maximum atomic E-state index is 12.9. The second-order valence-corrected chi connectivity index (χ2v) is 6.51. The predicted molar refractivity (Wildman–Crippen MR) is 103 cm³/mol. The number of rotatable bonds is 2. The van der Waals surface area contributed by atoms with E-state index in [9.17, 15) is 10.1 Å². The van der Waals surface area contributed by atoms with Crippen LogP contribution in [-0.4, -0.2) is 10.3 Å². The van der Waals surface area contributed by atoms with Crippen molar-refractivity contribution in [2.45, 2.75) is 13.8 Å². The molecule has 4 heteroatoms. The average molecular weight is 339 g/mol. The van der Waals surface area contributed by atoms with Gasteiger partial charge in [0.1, 0.15) is 11.8 Å². The lowest BCUT2D eigenvalue weighted by Crippen LogP contribution is -2.14. The fourth-order valence-electron chi connectivity index (χ4n) is 3.47. The van der Waals surface area contributed by atoms with Crippen molar-refractivity contribution in [3.8, 4) is 6.07 Å². The number of aryl methyl sites for hydroxylation is 2. The number of carbonyl (C=O) groups is 1. The molecule has 4 nitrogen and oxygen atoms in total. The Labute approximate surface area is 151 Å². The van der Waals surface area contributed by atoms with E-state index in [0.29, 0.717) is 11.3 Å². The summed E-state index contributed by atoms with van der Waals surface area (Å²) >= 11 is 0. The van der Waals surface area contributed by atoms with E-state index < -0.39 is 0 Å². The second-order valence-electron chi connectivity index (χ2n) is 6.51. The average Bonchev–Trinajstić information content (AvgIpc) is 3.00. The van der Waals surface area contributed by atoms with Crippen molar-refractivity contribution >= 4 is 27.9 Å². The van der Waals surface area contributed by atoms with Crippen molar-refractivity contribution in [1.82, 2.24) is 4.40 Å². The SMILES string of the molecule is Cc1cc(C)cc(NC(=O)c2cc(C#N)c3c4ccccc4ccn23)c1. The van der Waals surface area contributed by atoms with Gasteiger partial charge < -0.3 is 9.72 Å². The van der Waals surface area contributed by atoms with E-state index >= 15 is 0 Å². The number of hydrogen-bond donors (Lipinski definition) is 1. The minimum atomic E-state index is -0.234. The third-order valence-corrected chi connectivity index (χ3v) is 4.49. The first-order valence-electron chi connectivity index (χ1n) is 8.39. The molecule has 4 aromatic rings. The molecule has 26 heavy (non-hydrogen) atoms. The van der Waals surface area contributed by atoms with Crippen LogP contribution in [0.5, 0.6) is 0 Å². The maximum absolute atomic E-state index is 12.9. The molecule has 0 spiro atoms.